The van der Waals surface area contributed by atoms with Crippen LogP contribution >= 0.6 is 11.3 Å². The van der Waals surface area contributed by atoms with Crippen LogP contribution in [0, 0.1) is 10.1 Å². The minimum absolute atomic E-state index is 0.0136. The number of carbonyl (C=O) groups is 1. The van der Waals surface area contributed by atoms with Crippen molar-refractivity contribution in [1.29, 1.82) is 0 Å². The molecule has 1 saturated heterocycles. The Balaban J connectivity index is 1.45. The van der Waals surface area contributed by atoms with Gasteiger partial charge in [0.25, 0.3) is 5.69 Å². The lowest BCUT2D eigenvalue weighted by molar-refractivity contribution is -0.384. The van der Waals surface area contributed by atoms with E-state index in [-0.39, 0.29) is 18.1 Å². The lowest BCUT2D eigenvalue weighted by atomic mass is 10.2. The first-order valence-corrected chi connectivity index (χ1v) is 9.00. The summed E-state index contributed by atoms with van der Waals surface area (Å²) in [4.78, 5) is 28.2. The number of rotatable bonds is 6. The molecule has 1 amide bonds. The van der Waals surface area contributed by atoms with Crippen molar-refractivity contribution in [2.75, 3.05) is 38.0 Å². The molecular weight excluding hydrogens is 340 g/mol. The molecule has 1 N–H and O–H groups in total. The van der Waals surface area contributed by atoms with E-state index in [0.29, 0.717) is 18.8 Å². The van der Waals surface area contributed by atoms with E-state index < -0.39 is 4.92 Å². The van der Waals surface area contributed by atoms with Gasteiger partial charge in [0, 0.05) is 55.4 Å². The van der Waals surface area contributed by atoms with E-state index in [4.69, 9.17) is 0 Å². The van der Waals surface area contributed by atoms with E-state index in [1.165, 1.54) is 17.0 Å². The summed E-state index contributed by atoms with van der Waals surface area (Å²) in [6.45, 7) is 4.22. The normalized spacial score (nSPS) is 15.1. The summed E-state index contributed by atoms with van der Waals surface area (Å²) >= 11 is 1.75. The molecule has 1 aromatic heterocycles. The maximum Gasteiger partial charge on any atom is 0.271 e. The lowest BCUT2D eigenvalue weighted by Crippen LogP contribution is -2.49. The van der Waals surface area contributed by atoms with Crippen molar-refractivity contribution in [3.8, 4) is 0 Å². The minimum atomic E-state index is -0.445. The summed E-state index contributed by atoms with van der Waals surface area (Å²) < 4.78 is 0. The highest BCUT2D eigenvalue weighted by molar-refractivity contribution is 7.09. The van der Waals surface area contributed by atoms with Crippen LogP contribution in [0.5, 0.6) is 0 Å². The number of hydrogen-bond donors (Lipinski definition) is 1. The van der Waals surface area contributed by atoms with Gasteiger partial charge in [-0.05, 0) is 17.5 Å². The van der Waals surface area contributed by atoms with Gasteiger partial charge in [-0.15, -0.1) is 11.3 Å². The Labute approximate surface area is 150 Å². The number of carbonyl (C=O) groups excluding carboxylic acids is 1. The average molecular weight is 360 g/mol. The molecule has 1 aliphatic rings. The van der Waals surface area contributed by atoms with Gasteiger partial charge in [0.05, 0.1) is 11.5 Å². The van der Waals surface area contributed by atoms with E-state index in [1.54, 1.807) is 23.5 Å². The molecule has 1 fully saturated rings. The molecule has 0 radical (unpaired) electrons. The van der Waals surface area contributed by atoms with Crippen molar-refractivity contribution in [3.63, 3.8) is 0 Å². The number of nitro groups is 1. The molecule has 3 rings (SSSR count). The summed E-state index contributed by atoms with van der Waals surface area (Å²) in [5.74, 6) is 0.0160. The van der Waals surface area contributed by atoms with E-state index in [9.17, 15) is 14.9 Å². The highest BCUT2D eigenvalue weighted by atomic mass is 32.1. The second-order valence-corrected chi connectivity index (χ2v) is 6.93. The average Bonchev–Trinajstić information content (AvgIpc) is 3.13. The molecular formula is C17H20N4O3S. The fraction of sp³-hybridized carbons (Fsp3) is 0.353. The highest BCUT2D eigenvalue weighted by Crippen LogP contribution is 2.17. The van der Waals surface area contributed by atoms with Gasteiger partial charge in [-0.3, -0.25) is 19.8 Å². The SMILES string of the molecule is O=C(CNc1cccc([N+](=O)[O-])c1)N1CCN(Cc2cccs2)CC1. The Morgan fingerprint density at radius 1 is 1.20 bits per heavy atom. The van der Waals surface area contributed by atoms with Crippen LogP contribution in [-0.4, -0.2) is 53.4 Å². The largest absolute Gasteiger partial charge is 0.376 e. The van der Waals surface area contributed by atoms with Crippen molar-refractivity contribution in [3.05, 3.63) is 56.8 Å². The topological polar surface area (TPSA) is 78.7 Å². The molecule has 1 aromatic carbocycles. The van der Waals surface area contributed by atoms with Gasteiger partial charge < -0.3 is 10.2 Å². The van der Waals surface area contributed by atoms with Crippen LogP contribution in [-0.2, 0) is 11.3 Å². The third kappa shape index (κ3) is 4.77. The Hall–Kier alpha value is -2.45. The van der Waals surface area contributed by atoms with Crippen LogP contribution < -0.4 is 5.32 Å². The Bertz CT molecular complexity index is 727. The lowest BCUT2D eigenvalue weighted by Gasteiger charge is -2.34. The van der Waals surface area contributed by atoms with Crippen LogP contribution in [0.15, 0.2) is 41.8 Å². The molecule has 0 bridgehead atoms. The first-order chi connectivity index (χ1) is 12.1. The smallest absolute Gasteiger partial charge is 0.271 e. The molecule has 0 atom stereocenters. The number of piperazine rings is 1. The minimum Gasteiger partial charge on any atom is -0.376 e. The Morgan fingerprint density at radius 3 is 2.68 bits per heavy atom. The monoisotopic (exact) mass is 360 g/mol. The number of non-ortho nitro benzene ring substituents is 1. The van der Waals surface area contributed by atoms with E-state index in [0.717, 1.165) is 19.6 Å². The van der Waals surface area contributed by atoms with Gasteiger partial charge in [0.1, 0.15) is 0 Å². The fourth-order valence-electron chi connectivity index (χ4n) is 2.80. The molecule has 0 unspecified atom stereocenters. The number of amides is 1. The molecule has 7 nitrogen and oxygen atoms in total. The van der Waals surface area contributed by atoms with E-state index >= 15 is 0 Å². The summed E-state index contributed by atoms with van der Waals surface area (Å²) in [6, 6.07) is 10.4. The molecule has 0 saturated carbocycles. The zero-order chi connectivity index (χ0) is 17.6. The number of anilines is 1. The summed E-state index contributed by atoms with van der Waals surface area (Å²) in [6.07, 6.45) is 0. The molecule has 0 spiro atoms. The summed E-state index contributed by atoms with van der Waals surface area (Å²) in [5, 5.41) is 15.8. The number of nitro benzene ring substituents is 1. The highest BCUT2D eigenvalue weighted by Gasteiger charge is 2.21. The van der Waals surface area contributed by atoms with Gasteiger partial charge >= 0.3 is 0 Å². The zero-order valence-corrected chi connectivity index (χ0v) is 14.6. The molecule has 1 aliphatic heterocycles. The van der Waals surface area contributed by atoms with Gasteiger partial charge in [0.15, 0.2) is 0 Å². The Morgan fingerprint density at radius 2 is 2.00 bits per heavy atom. The number of nitrogens with one attached hydrogen (secondary N) is 1. The van der Waals surface area contributed by atoms with Crippen LogP contribution in [0.1, 0.15) is 4.88 Å². The van der Waals surface area contributed by atoms with Crippen molar-refractivity contribution in [2.45, 2.75) is 6.54 Å². The van der Waals surface area contributed by atoms with Gasteiger partial charge in [-0.1, -0.05) is 12.1 Å². The second kappa shape index (κ2) is 8.09. The summed E-state index contributed by atoms with van der Waals surface area (Å²) in [5.41, 5.74) is 0.596. The van der Waals surface area contributed by atoms with Crippen LogP contribution in [0.3, 0.4) is 0 Å². The second-order valence-electron chi connectivity index (χ2n) is 5.90. The van der Waals surface area contributed by atoms with Gasteiger partial charge in [-0.2, -0.15) is 0 Å². The number of nitrogens with zero attached hydrogens (tertiary/aromatic N) is 3. The fourth-order valence-corrected chi connectivity index (χ4v) is 3.54. The third-order valence-electron chi connectivity index (χ3n) is 4.19. The molecule has 2 heterocycles. The molecule has 0 aliphatic carbocycles. The molecule has 25 heavy (non-hydrogen) atoms. The number of benzene rings is 1. The predicted molar refractivity (Wildman–Crippen MR) is 97.8 cm³/mol. The van der Waals surface area contributed by atoms with Crippen molar-refractivity contribution >= 4 is 28.6 Å². The zero-order valence-electron chi connectivity index (χ0n) is 13.8. The van der Waals surface area contributed by atoms with Crippen LogP contribution in [0.4, 0.5) is 11.4 Å². The predicted octanol–water partition coefficient (Wildman–Crippen LogP) is 2.41. The molecule has 8 heteroatoms. The number of thiophene rings is 1. The molecule has 2 aromatic rings. The van der Waals surface area contributed by atoms with Crippen molar-refractivity contribution < 1.29 is 9.72 Å². The maximum atomic E-state index is 12.3. The van der Waals surface area contributed by atoms with E-state index in [2.05, 4.69) is 27.7 Å². The van der Waals surface area contributed by atoms with E-state index in [1.807, 2.05) is 4.90 Å². The first-order valence-electron chi connectivity index (χ1n) is 8.12. The molecule has 132 valence electrons. The quantitative estimate of drug-likeness (QED) is 0.632. The van der Waals surface area contributed by atoms with Gasteiger partial charge in [0.2, 0.25) is 5.91 Å². The first kappa shape index (κ1) is 17.4. The van der Waals surface area contributed by atoms with Crippen molar-refractivity contribution in [2.24, 2.45) is 0 Å². The van der Waals surface area contributed by atoms with Gasteiger partial charge in [-0.25, -0.2) is 0 Å². The summed E-state index contributed by atoms with van der Waals surface area (Å²) in [7, 11) is 0. The van der Waals surface area contributed by atoms with Crippen LogP contribution in [0.2, 0.25) is 0 Å². The number of hydrogen-bond acceptors (Lipinski definition) is 6. The Kier molecular flexibility index (Phi) is 5.62. The standard InChI is InChI=1S/C17H20N4O3S/c22-17(12-18-14-3-1-4-15(11-14)21(23)24)20-8-6-19(7-9-20)13-16-5-2-10-25-16/h1-5,10-11,18H,6-9,12-13H2. The van der Waals surface area contributed by atoms with Crippen LogP contribution in [0.25, 0.3) is 0 Å². The van der Waals surface area contributed by atoms with Crippen molar-refractivity contribution in [1.82, 2.24) is 9.80 Å². The maximum absolute atomic E-state index is 12.3. The third-order valence-corrected chi connectivity index (χ3v) is 5.05.